The Kier molecular flexibility index (Phi) is 6.28. The number of halogens is 4. The van der Waals surface area contributed by atoms with Crippen LogP contribution in [-0.4, -0.2) is 31.7 Å². The molecule has 0 atom stereocenters. The Hall–Kier alpha value is -1.38. The van der Waals surface area contributed by atoms with Crippen LogP contribution in [0, 0.1) is 5.82 Å². The molecule has 0 bridgehead atoms. The zero-order valence-corrected chi connectivity index (χ0v) is 19.4. The van der Waals surface area contributed by atoms with E-state index in [1.807, 2.05) is 5.38 Å². The van der Waals surface area contributed by atoms with Crippen molar-refractivity contribution in [2.24, 2.45) is 0 Å². The number of aromatic nitrogens is 1. The highest BCUT2D eigenvalue weighted by Gasteiger charge is 2.33. The van der Waals surface area contributed by atoms with Crippen LogP contribution in [0.1, 0.15) is 12.8 Å². The molecule has 0 amide bonds. The van der Waals surface area contributed by atoms with Gasteiger partial charge in [-0.1, -0.05) is 40.9 Å². The first-order valence-electron chi connectivity index (χ1n) is 9.11. The Labute approximate surface area is 193 Å². The van der Waals surface area contributed by atoms with E-state index in [-0.39, 0.29) is 20.0 Å². The predicted octanol–water partition coefficient (Wildman–Crippen LogP) is 6.35. The van der Waals surface area contributed by atoms with Crippen molar-refractivity contribution >= 4 is 61.1 Å². The van der Waals surface area contributed by atoms with Gasteiger partial charge in [0.1, 0.15) is 5.82 Å². The molecule has 1 aliphatic heterocycles. The number of rotatable bonds is 4. The molecule has 4 rings (SSSR count). The zero-order valence-electron chi connectivity index (χ0n) is 15.5. The van der Waals surface area contributed by atoms with E-state index in [4.69, 9.17) is 34.8 Å². The summed E-state index contributed by atoms with van der Waals surface area (Å²) in [6.07, 6.45) is 0.922. The number of nitrogens with zero attached hydrogens (tertiary/aromatic N) is 2. The van der Waals surface area contributed by atoms with Crippen LogP contribution < -0.4 is 4.90 Å². The van der Waals surface area contributed by atoms with Crippen molar-refractivity contribution in [2.75, 3.05) is 18.0 Å². The number of hydrogen-bond acceptors (Lipinski definition) is 5. The van der Waals surface area contributed by atoms with Gasteiger partial charge < -0.3 is 4.90 Å². The first kappa shape index (κ1) is 21.8. The lowest BCUT2D eigenvalue weighted by Gasteiger charge is -2.31. The lowest BCUT2D eigenvalue weighted by molar-refractivity contribution is 0.529. The molecule has 0 radical (unpaired) electrons. The van der Waals surface area contributed by atoms with Gasteiger partial charge in [0.15, 0.2) is 15.0 Å². The molecule has 2 aromatic carbocycles. The summed E-state index contributed by atoms with van der Waals surface area (Å²) in [5.74, 6) is -0.473. The van der Waals surface area contributed by atoms with E-state index >= 15 is 0 Å². The highest BCUT2D eigenvalue weighted by molar-refractivity contribution is 7.92. The molecule has 1 saturated heterocycles. The lowest BCUT2D eigenvalue weighted by Crippen LogP contribution is -2.39. The molecular formula is C20H16Cl3FN2O2S2. The van der Waals surface area contributed by atoms with Gasteiger partial charge in [0.25, 0.3) is 0 Å². The van der Waals surface area contributed by atoms with Crippen LogP contribution in [0.5, 0.6) is 0 Å². The average Bonchev–Trinajstić information content (AvgIpc) is 3.22. The molecule has 0 N–H and O–H groups in total. The predicted molar refractivity (Wildman–Crippen MR) is 121 cm³/mol. The number of benzene rings is 2. The third-order valence-corrected chi connectivity index (χ3v) is 9.51. The minimum absolute atomic E-state index is 0.0488. The van der Waals surface area contributed by atoms with Crippen molar-refractivity contribution in [3.63, 3.8) is 0 Å². The molecule has 158 valence electrons. The van der Waals surface area contributed by atoms with Crippen LogP contribution in [-0.2, 0) is 9.84 Å². The van der Waals surface area contributed by atoms with Gasteiger partial charge in [-0.25, -0.2) is 17.8 Å². The maximum atomic E-state index is 13.4. The Morgan fingerprint density at radius 3 is 2.50 bits per heavy atom. The third-order valence-electron chi connectivity index (χ3n) is 5.08. The average molecular weight is 506 g/mol. The molecule has 2 heterocycles. The molecule has 3 aromatic rings. The van der Waals surface area contributed by atoms with Crippen molar-refractivity contribution in [1.29, 1.82) is 0 Å². The van der Waals surface area contributed by atoms with Crippen LogP contribution in [0.25, 0.3) is 11.3 Å². The second-order valence-electron chi connectivity index (χ2n) is 6.93. The number of anilines is 1. The largest absolute Gasteiger partial charge is 0.348 e. The first-order valence-corrected chi connectivity index (χ1v) is 12.7. The molecule has 1 aromatic heterocycles. The maximum absolute atomic E-state index is 13.4. The normalized spacial score (nSPS) is 15.5. The van der Waals surface area contributed by atoms with E-state index in [0.29, 0.717) is 31.6 Å². The Bertz CT molecular complexity index is 1190. The van der Waals surface area contributed by atoms with E-state index in [0.717, 1.165) is 10.7 Å². The highest BCUT2D eigenvalue weighted by atomic mass is 35.5. The minimum Gasteiger partial charge on any atom is -0.348 e. The zero-order chi connectivity index (χ0) is 21.5. The molecule has 0 unspecified atom stereocenters. The van der Waals surface area contributed by atoms with Crippen LogP contribution >= 0.6 is 46.1 Å². The van der Waals surface area contributed by atoms with Crippen LogP contribution in [0.4, 0.5) is 9.52 Å². The van der Waals surface area contributed by atoms with Crippen molar-refractivity contribution in [2.45, 2.75) is 23.0 Å². The smallest absolute Gasteiger partial charge is 0.185 e. The van der Waals surface area contributed by atoms with Crippen molar-refractivity contribution < 1.29 is 12.8 Å². The summed E-state index contributed by atoms with van der Waals surface area (Å²) < 4.78 is 39.5. The number of sulfone groups is 1. The Morgan fingerprint density at radius 2 is 1.80 bits per heavy atom. The minimum atomic E-state index is -3.58. The highest BCUT2D eigenvalue weighted by Crippen LogP contribution is 2.36. The fourth-order valence-corrected chi connectivity index (χ4v) is 7.01. The van der Waals surface area contributed by atoms with Crippen molar-refractivity contribution in [3.05, 3.63) is 62.7 Å². The van der Waals surface area contributed by atoms with Gasteiger partial charge in [-0.2, -0.15) is 0 Å². The van der Waals surface area contributed by atoms with Crippen LogP contribution in [0.3, 0.4) is 0 Å². The van der Waals surface area contributed by atoms with Crippen molar-refractivity contribution in [3.8, 4) is 11.3 Å². The van der Waals surface area contributed by atoms with E-state index in [1.165, 1.54) is 23.5 Å². The van der Waals surface area contributed by atoms with Gasteiger partial charge in [-0.15, -0.1) is 11.3 Å². The molecule has 4 nitrogen and oxygen atoms in total. The van der Waals surface area contributed by atoms with Gasteiger partial charge in [0.2, 0.25) is 0 Å². The van der Waals surface area contributed by atoms with Gasteiger partial charge in [0, 0.05) is 24.0 Å². The van der Waals surface area contributed by atoms with E-state index in [9.17, 15) is 12.8 Å². The van der Waals surface area contributed by atoms with Crippen molar-refractivity contribution in [1.82, 2.24) is 4.98 Å². The van der Waals surface area contributed by atoms with Gasteiger partial charge in [-0.05, 0) is 43.2 Å². The second kappa shape index (κ2) is 8.63. The number of piperidine rings is 1. The Balaban J connectivity index is 1.48. The van der Waals surface area contributed by atoms with Gasteiger partial charge in [-0.3, -0.25) is 0 Å². The second-order valence-corrected chi connectivity index (χ2v) is 11.2. The third kappa shape index (κ3) is 4.18. The lowest BCUT2D eigenvalue weighted by atomic mass is 10.1. The quantitative estimate of drug-likeness (QED) is 0.414. The monoisotopic (exact) mass is 504 g/mol. The van der Waals surface area contributed by atoms with E-state index in [2.05, 4.69) is 9.88 Å². The standard InChI is InChI=1S/C20H16Cl3FN2O2S2/c21-14-2-1-3-18(19(14)23)30(27,28)13-6-8-26(9-7-13)20-25-17(11-29-20)12-4-5-16(24)15(22)10-12/h1-5,10-11,13H,6-9H2. The van der Waals surface area contributed by atoms with Gasteiger partial charge in [0.05, 0.1) is 30.9 Å². The molecule has 1 aliphatic rings. The summed E-state index contributed by atoms with van der Waals surface area (Å²) >= 11 is 19.5. The summed E-state index contributed by atoms with van der Waals surface area (Å²) in [5.41, 5.74) is 1.44. The summed E-state index contributed by atoms with van der Waals surface area (Å²) in [6.45, 7) is 1.11. The Morgan fingerprint density at radius 1 is 1.07 bits per heavy atom. The fraction of sp³-hybridized carbons (Fsp3) is 0.250. The molecule has 0 aliphatic carbocycles. The molecule has 1 fully saturated rings. The fourth-order valence-electron chi connectivity index (χ4n) is 3.44. The molecule has 30 heavy (non-hydrogen) atoms. The topological polar surface area (TPSA) is 50.3 Å². The number of thiazole rings is 1. The molecule has 0 spiro atoms. The van der Waals surface area contributed by atoms with Crippen LogP contribution in [0.15, 0.2) is 46.7 Å². The van der Waals surface area contributed by atoms with E-state index < -0.39 is 20.9 Å². The summed E-state index contributed by atoms with van der Waals surface area (Å²) in [4.78, 5) is 6.76. The summed E-state index contributed by atoms with van der Waals surface area (Å²) in [5, 5.41) is 2.50. The summed E-state index contributed by atoms with van der Waals surface area (Å²) in [7, 11) is -3.58. The molecule has 0 saturated carbocycles. The SMILES string of the molecule is O=S(=O)(c1cccc(Cl)c1Cl)C1CCN(c2nc(-c3ccc(F)c(Cl)c3)cs2)CC1. The maximum Gasteiger partial charge on any atom is 0.185 e. The van der Waals surface area contributed by atoms with Gasteiger partial charge >= 0.3 is 0 Å². The molecular weight excluding hydrogens is 490 g/mol. The van der Waals surface area contributed by atoms with E-state index in [1.54, 1.807) is 24.3 Å². The summed E-state index contributed by atoms with van der Waals surface area (Å²) in [6, 6.07) is 9.15. The first-order chi connectivity index (χ1) is 14.3. The molecule has 10 heteroatoms. The van der Waals surface area contributed by atoms with Crippen LogP contribution in [0.2, 0.25) is 15.1 Å². The number of hydrogen-bond donors (Lipinski definition) is 0.